The highest BCUT2D eigenvalue weighted by molar-refractivity contribution is 5.50. The number of rotatable bonds is 3. The van der Waals surface area contributed by atoms with Crippen LogP contribution in [0.1, 0.15) is 0 Å². The summed E-state index contributed by atoms with van der Waals surface area (Å²) in [4.78, 5) is 0. The number of nitrogens with one attached hydrogen (secondary N) is 1. The Balaban J connectivity index is 2.13. The quantitative estimate of drug-likeness (QED) is 0.799. The fraction of sp³-hybridized carbons (Fsp3) is 0.400. The second kappa shape index (κ2) is 3.84. The predicted molar refractivity (Wildman–Crippen MR) is 51.2 cm³/mol. The van der Waals surface area contributed by atoms with Crippen LogP contribution in [0.25, 0.3) is 0 Å². The van der Waals surface area contributed by atoms with E-state index in [0.717, 1.165) is 0 Å². The van der Waals surface area contributed by atoms with Crippen LogP contribution in [0, 0.1) is 5.82 Å². The molecule has 0 amide bonds. The Morgan fingerprint density at radius 2 is 2.29 bits per heavy atom. The molecule has 1 heterocycles. The highest BCUT2D eigenvalue weighted by Crippen LogP contribution is 2.22. The van der Waals surface area contributed by atoms with Gasteiger partial charge in [0.05, 0.1) is 32.1 Å². The van der Waals surface area contributed by atoms with Crippen molar-refractivity contribution in [2.75, 3.05) is 25.6 Å². The maximum Gasteiger partial charge on any atom is 0.146 e. The molecule has 1 N–H and O–H groups in total. The van der Waals surface area contributed by atoms with Crippen LogP contribution in [-0.4, -0.2) is 26.4 Å². The molecule has 76 valence electrons. The van der Waals surface area contributed by atoms with Crippen LogP contribution in [0.2, 0.25) is 0 Å². The average molecular weight is 197 g/mol. The van der Waals surface area contributed by atoms with Crippen molar-refractivity contribution in [3.05, 3.63) is 24.0 Å². The summed E-state index contributed by atoms with van der Waals surface area (Å²) in [6, 6.07) is 4.85. The summed E-state index contributed by atoms with van der Waals surface area (Å²) in [6.07, 6.45) is 0. The molecule has 0 unspecified atom stereocenters. The summed E-state index contributed by atoms with van der Waals surface area (Å²) in [6.45, 7) is 1.27. The third kappa shape index (κ3) is 1.80. The van der Waals surface area contributed by atoms with Gasteiger partial charge < -0.3 is 14.8 Å². The van der Waals surface area contributed by atoms with Gasteiger partial charge in [-0.2, -0.15) is 0 Å². The molecule has 0 radical (unpaired) electrons. The number of hydrogen-bond donors (Lipinski definition) is 1. The third-order valence-electron chi connectivity index (χ3n) is 2.17. The van der Waals surface area contributed by atoms with E-state index < -0.39 is 0 Å². The molecular formula is C10H12FNO2. The Morgan fingerprint density at radius 1 is 1.50 bits per heavy atom. The fourth-order valence-electron chi connectivity index (χ4n) is 1.28. The van der Waals surface area contributed by atoms with E-state index in [1.807, 2.05) is 0 Å². The highest BCUT2D eigenvalue weighted by atomic mass is 19.1. The topological polar surface area (TPSA) is 30.5 Å². The lowest BCUT2D eigenvalue weighted by atomic mass is 10.2. The maximum atomic E-state index is 13.3. The van der Waals surface area contributed by atoms with Gasteiger partial charge in [-0.15, -0.1) is 0 Å². The molecule has 1 fully saturated rings. The van der Waals surface area contributed by atoms with E-state index in [2.05, 4.69) is 5.32 Å². The molecule has 1 aromatic rings. The summed E-state index contributed by atoms with van der Waals surface area (Å²) >= 11 is 0. The van der Waals surface area contributed by atoms with Gasteiger partial charge in [0.15, 0.2) is 0 Å². The monoisotopic (exact) mass is 197 g/mol. The van der Waals surface area contributed by atoms with Crippen molar-refractivity contribution in [3.8, 4) is 5.75 Å². The van der Waals surface area contributed by atoms with E-state index in [9.17, 15) is 4.39 Å². The SMILES string of the molecule is COc1ccc(F)c(NC2COC2)c1. The minimum absolute atomic E-state index is 0.219. The molecule has 0 aromatic heterocycles. The van der Waals surface area contributed by atoms with E-state index in [1.54, 1.807) is 19.2 Å². The van der Waals surface area contributed by atoms with E-state index in [4.69, 9.17) is 9.47 Å². The van der Waals surface area contributed by atoms with Crippen LogP contribution in [-0.2, 0) is 4.74 Å². The second-order valence-electron chi connectivity index (χ2n) is 3.22. The molecule has 1 saturated heterocycles. The van der Waals surface area contributed by atoms with Crippen LogP contribution >= 0.6 is 0 Å². The lowest BCUT2D eigenvalue weighted by Gasteiger charge is -2.28. The van der Waals surface area contributed by atoms with Gasteiger partial charge in [0.1, 0.15) is 11.6 Å². The van der Waals surface area contributed by atoms with Gasteiger partial charge in [0, 0.05) is 6.07 Å². The molecule has 0 aliphatic carbocycles. The van der Waals surface area contributed by atoms with Gasteiger partial charge in [-0.1, -0.05) is 0 Å². The van der Waals surface area contributed by atoms with Crippen LogP contribution in [0.5, 0.6) is 5.75 Å². The third-order valence-corrected chi connectivity index (χ3v) is 2.17. The zero-order chi connectivity index (χ0) is 9.97. The summed E-state index contributed by atoms with van der Waals surface area (Å²) < 4.78 is 23.3. The molecular weight excluding hydrogens is 185 g/mol. The molecule has 2 rings (SSSR count). The van der Waals surface area contributed by atoms with Gasteiger partial charge in [-0.25, -0.2) is 4.39 Å². The lowest BCUT2D eigenvalue weighted by Crippen LogP contribution is -2.40. The molecule has 1 aliphatic rings. The van der Waals surface area contributed by atoms with Gasteiger partial charge in [0.25, 0.3) is 0 Å². The zero-order valence-electron chi connectivity index (χ0n) is 7.92. The summed E-state index contributed by atoms with van der Waals surface area (Å²) in [7, 11) is 1.56. The summed E-state index contributed by atoms with van der Waals surface area (Å²) in [5, 5.41) is 3.04. The number of anilines is 1. The number of ether oxygens (including phenoxy) is 2. The van der Waals surface area contributed by atoms with E-state index >= 15 is 0 Å². The summed E-state index contributed by atoms with van der Waals surface area (Å²) in [5.41, 5.74) is 0.470. The molecule has 0 atom stereocenters. The van der Waals surface area contributed by atoms with E-state index in [1.165, 1.54) is 6.07 Å². The smallest absolute Gasteiger partial charge is 0.146 e. The molecule has 1 aliphatic heterocycles. The minimum Gasteiger partial charge on any atom is -0.497 e. The maximum absolute atomic E-state index is 13.3. The predicted octanol–water partition coefficient (Wildman–Crippen LogP) is 1.65. The normalized spacial score (nSPS) is 16.1. The molecule has 0 bridgehead atoms. The van der Waals surface area contributed by atoms with E-state index in [0.29, 0.717) is 24.7 Å². The molecule has 0 spiro atoms. The van der Waals surface area contributed by atoms with Crippen molar-refractivity contribution in [2.45, 2.75) is 6.04 Å². The molecule has 0 saturated carbocycles. The van der Waals surface area contributed by atoms with Gasteiger partial charge in [0.2, 0.25) is 0 Å². The van der Waals surface area contributed by atoms with Crippen LogP contribution in [0.3, 0.4) is 0 Å². The Morgan fingerprint density at radius 3 is 2.86 bits per heavy atom. The Bertz CT molecular complexity index is 326. The number of hydrogen-bond acceptors (Lipinski definition) is 3. The standard InChI is InChI=1S/C10H12FNO2/c1-13-8-2-3-9(11)10(4-8)12-7-5-14-6-7/h2-4,7,12H,5-6H2,1H3. The Labute approximate surface area is 81.8 Å². The van der Waals surface area contributed by atoms with Crippen molar-refractivity contribution >= 4 is 5.69 Å². The number of methoxy groups -OCH3 is 1. The Kier molecular flexibility index (Phi) is 2.54. The van der Waals surface area contributed by atoms with Crippen molar-refractivity contribution in [1.29, 1.82) is 0 Å². The van der Waals surface area contributed by atoms with Crippen LogP contribution < -0.4 is 10.1 Å². The first-order valence-electron chi connectivity index (χ1n) is 4.47. The zero-order valence-corrected chi connectivity index (χ0v) is 7.92. The summed E-state index contributed by atoms with van der Waals surface area (Å²) in [5.74, 6) is 0.381. The Hall–Kier alpha value is -1.29. The minimum atomic E-state index is -0.266. The molecule has 4 heteroatoms. The molecule has 3 nitrogen and oxygen atoms in total. The average Bonchev–Trinajstić information content (AvgIpc) is 2.14. The molecule has 14 heavy (non-hydrogen) atoms. The van der Waals surface area contributed by atoms with Crippen molar-refractivity contribution < 1.29 is 13.9 Å². The van der Waals surface area contributed by atoms with Crippen LogP contribution in [0.15, 0.2) is 18.2 Å². The number of benzene rings is 1. The van der Waals surface area contributed by atoms with Crippen molar-refractivity contribution in [2.24, 2.45) is 0 Å². The van der Waals surface area contributed by atoms with Crippen molar-refractivity contribution in [3.63, 3.8) is 0 Å². The first-order valence-corrected chi connectivity index (χ1v) is 4.47. The first-order chi connectivity index (χ1) is 6.79. The number of halogens is 1. The van der Waals surface area contributed by atoms with Crippen molar-refractivity contribution in [1.82, 2.24) is 0 Å². The second-order valence-corrected chi connectivity index (χ2v) is 3.22. The fourth-order valence-corrected chi connectivity index (χ4v) is 1.28. The largest absolute Gasteiger partial charge is 0.497 e. The lowest BCUT2D eigenvalue weighted by molar-refractivity contribution is 0.0210. The van der Waals surface area contributed by atoms with Gasteiger partial charge in [-0.3, -0.25) is 0 Å². The van der Waals surface area contributed by atoms with Crippen LogP contribution in [0.4, 0.5) is 10.1 Å². The van der Waals surface area contributed by atoms with E-state index in [-0.39, 0.29) is 11.9 Å². The first kappa shape index (κ1) is 9.27. The van der Waals surface area contributed by atoms with Gasteiger partial charge in [-0.05, 0) is 12.1 Å². The molecule has 1 aromatic carbocycles. The van der Waals surface area contributed by atoms with Gasteiger partial charge >= 0.3 is 0 Å². The highest BCUT2D eigenvalue weighted by Gasteiger charge is 2.19.